The van der Waals surface area contributed by atoms with Gasteiger partial charge in [-0.25, -0.2) is 4.39 Å². The van der Waals surface area contributed by atoms with Crippen LogP contribution in [0.1, 0.15) is 28.9 Å². The molecule has 27 heavy (non-hydrogen) atoms. The molecule has 3 heterocycles. The van der Waals surface area contributed by atoms with Gasteiger partial charge in [0.05, 0.1) is 17.5 Å². The lowest BCUT2D eigenvalue weighted by atomic mass is 10.2. The molecule has 7 heteroatoms. The minimum atomic E-state index is -0.284. The second-order valence-electron chi connectivity index (χ2n) is 6.52. The largest absolute Gasteiger partial charge is 0.376 e. The number of halogens is 1. The van der Waals surface area contributed by atoms with E-state index in [1.165, 1.54) is 12.1 Å². The van der Waals surface area contributed by atoms with Gasteiger partial charge < -0.3 is 10.1 Å². The first-order valence-corrected chi connectivity index (χ1v) is 9.83. The van der Waals surface area contributed by atoms with Crippen molar-refractivity contribution in [2.24, 2.45) is 0 Å². The Hall–Kier alpha value is -2.51. The molecule has 1 aromatic carbocycles. The van der Waals surface area contributed by atoms with Crippen LogP contribution in [0, 0.1) is 5.82 Å². The van der Waals surface area contributed by atoms with E-state index in [2.05, 4.69) is 10.4 Å². The Morgan fingerprint density at radius 1 is 1.33 bits per heavy atom. The third-order valence-corrected chi connectivity index (χ3v) is 5.44. The van der Waals surface area contributed by atoms with Crippen molar-refractivity contribution in [2.75, 3.05) is 13.2 Å². The number of aromatic nitrogens is 2. The van der Waals surface area contributed by atoms with E-state index in [0.29, 0.717) is 18.8 Å². The highest BCUT2D eigenvalue weighted by Gasteiger charge is 2.20. The minimum absolute atomic E-state index is 0.0826. The maximum absolute atomic E-state index is 13.2. The van der Waals surface area contributed by atoms with Gasteiger partial charge in [-0.05, 0) is 48.1 Å². The van der Waals surface area contributed by atoms with Gasteiger partial charge in [-0.15, -0.1) is 11.3 Å². The number of carbonyl (C=O) groups is 1. The van der Waals surface area contributed by atoms with E-state index in [9.17, 15) is 9.18 Å². The summed E-state index contributed by atoms with van der Waals surface area (Å²) in [5, 5.41) is 9.54. The summed E-state index contributed by atoms with van der Waals surface area (Å²) in [6.07, 6.45) is 2.08. The molecule has 0 radical (unpaired) electrons. The number of nitrogens with zero attached hydrogens (tertiary/aromatic N) is 2. The van der Waals surface area contributed by atoms with Gasteiger partial charge in [0, 0.05) is 13.2 Å². The SMILES string of the molecule is O=C(NCC1CCCO1)c1cc(-c2cccs2)nn1Cc1ccc(F)cc1. The van der Waals surface area contributed by atoms with E-state index in [-0.39, 0.29) is 17.8 Å². The third-order valence-electron chi connectivity index (χ3n) is 4.55. The lowest BCUT2D eigenvalue weighted by Gasteiger charge is -2.12. The van der Waals surface area contributed by atoms with Crippen molar-refractivity contribution in [3.8, 4) is 10.6 Å². The molecule has 0 spiro atoms. The Labute approximate surface area is 160 Å². The normalized spacial score (nSPS) is 16.6. The van der Waals surface area contributed by atoms with Crippen LogP contribution >= 0.6 is 11.3 Å². The molecule has 1 N–H and O–H groups in total. The Morgan fingerprint density at radius 2 is 2.19 bits per heavy atom. The van der Waals surface area contributed by atoms with Crippen LogP contribution < -0.4 is 5.32 Å². The molecule has 0 saturated carbocycles. The zero-order valence-electron chi connectivity index (χ0n) is 14.7. The highest BCUT2D eigenvalue weighted by Crippen LogP contribution is 2.25. The zero-order valence-corrected chi connectivity index (χ0v) is 15.5. The Balaban J connectivity index is 1.57. The molecule has 3 aromatic rings. The summed E-state index contributed by atoms with van der Waals surface area (Å²) in [5.41, 5.74) is 2.13. The summed E-state index contributed by atoms with van der Waals surface area (Å²) in [6.45, 7) is 1.65. The summed E-state index contributed by atoms with van der Waals surface area (Å²) in [5.74, 6) is -0.462. The van der Waals surface area contributed by atoms with Gasteiger partial charge in [-0.3, -0.25) is 9.48 Å². The van der Waals surface area contributed by atoms with E-state index in [1.54, 1.807) is 34.2 Å². The molecule has 1 aliphatic heterocycles. The van der Waals surface area contributed by atoms with Crippen molar-refractivity contribution in [3.05, 3.63) is 64.9 Å². The second-order valence-corrected chi connectivity index (χ2v) is 7.47. The third kappa shape index (κ3) is 4.26. The number of carbonyl (C=O) groups excluding carboxylic acids is 1. The van der Waals surface area contributed by atoms with E-state index >= 15 is 0 Å². The molecule has 0 aliphatic carbocycles. The molecular formula is C20H20FN3O2S. The molecule has 1 atom stereocenters. The fraction of sp³-hybridized carbons (Fsp3) is 0.300. The molecule has 1 amide bonds. The first-order chi connectivity index (χ1) is 13.2. The summed E-state index contributed by atoms with van der Waals surface area (Å²) in [4.78, 5) is 13.8. The van der Waals surface area contributed by atoms with E-state index in [0.717, 1.165) is 35.6 Å². The number of nitrogens with one attached hydrogen (secondary N) is 1. The lowest BCUT2D eigenvalue weighted by Crippen LogP contribution is -2.33. The lowest BCUT2D eigenvalue weighted by molar-refractivity contribution is 0.0849. The molecule has 1 saturated heterocycles. The van der Waals surface area contributed by atoms with Gasteiger partial charge >= 0.3 is 0 Å². The molecule has 140 valence electrons. The first-order valence-electron chi connectivity index (χ1n) is 8.95. The molecule has 1 fully saturated rings. The number of hydrogen-bond donors (Lipinski definition) is 1. The number of thiophene rings is 1. The first kappa shape index (κ1) is 17.9. The van der Waals surface area contributed by atoms with Crippen molar-refractivity contribution in [1.29, 1.82) is 0 Å². The fourth-order valence-corrected chi connectivity index (χ4v) is 3.81. The Bertz CT molecular complexity index is 900. The van der Waals surface area contributed by atoms with Gasteiger partial charge in [0.2, 0.25) is 0 Å². The summed E-state index contributed by atoms with van der Waals surface area (Å²) < 4.78 is 20.4. The maximum Gasteiger partial charge on any atom is 0.269 e. The topological polar surface area (TPSA) is 56.1 Å². The average molecular weight is 385 g/mol. The highest BCUT2D eigenvalue weighted by molar-refractivity contribution is 7.13. The van der Waals surface area contributed by atoms with Gasteiger partial charge in [0.15, 0.2) is 0 Å². The number of amides is 1. The van der Waals surface area contributed by atoms with Crippen LogP contribution in [0.15, 0.2) is 47.8 Å². The summed E-state index contributed by atoms with van der Waals surface area (Å²) in [6, 6.07) is 12.0. The molecular weight excluding hydrogens is 365 g/mol. The van der Waals surface area contributed by atoms with Gasteiger partial charge in [0.25, 0.3) is 5.91 Å². The van der Waals surface area contributed by atoms with Crippen molar-refractivity contribution in [3.63, 3.8) is 0 Å². The molecule has 2 aromatic heterocycles. The Kier molecular flexibility index (Phi) is 5.31. The van der Waals surface area contributed by atoms with Crippen molar-refractivity contribution in [2.45, 2.75) is 25.5 Å². The molecule has 0 bridgehead atoms. The second kappa shape index (κ2) is 8.02. The average Bonchev–Trinajstić information content (AvgIpc) is 3.43. The summed E-state index contributed by atoms with van der Waals surface area (Å²) in [7, 11) is 0. The molecule has 1 aliphatic rings. The van der Waals surface area contributed by atoms with Crippen LogP contribution in [0.25, 0.3) is 10.6 Å². The maximum atomic E-state index is 13.2. The van der Waals surface area contributed by atoms with Gasteiger partial charge in [-0.2, -0.15) is 5.10 Å². The van der Waals surface area contributed by atoms with Crippen LogP contribution in [0.4, 0.5) is 4.39 Å². The number of hydrogen-bond acceptors (Lipinski definition) is 4. The predicted octanol–water partition coefficient (Wildman–Crippen LogP) is 3.71. The number of rotatable bonds is 6. The quantitative estimate of drug-likeness (QED) is 0.704. The predicted molar refractivity (Wildman–Crippen MR) is 102 cm³/mol. The van der Waals surface area contributed by atoms with E-state index in [4.69, 9.17) is 4.74 Å². The van der Waals surface area contributed by atoms with Gasteiger partial charge in [-0.1, -0.05) is 18.2 Å². The zero-order chi connectivity index (χ0) is 18.6. The smallest absolute Gasteiger partial charge is 0.269 e. The van der Waals surface area contributed by atoms with Crippen LogP contribution in [-0.4, -0.2) is 34.9 Å². The minimum Gasteiger partial charge on any atom is -0.376 e. The standard InChI is InChI=1S/C20H20FN3O2S/c21-15-7-5-14(6-8-15)13-24-18(11-17(23-24)19-4-2-10-27-19)20(25)22-12-16-3-1-9-26-16/h2,4-8,10-11,16H,1,3,9,12-13H2,(H,22,25). The van der Waals surface area contributed by atoms with Gasteiger partial charge in [0.1, 0.15) is 17.2 Å². The highest BCUT2D eigenvalue weighted by atomic mass is 32.1. The van der Waals surface area contributed by atoms with Crippen LogP contribution in [0.3, 0.4) is 0 Å². The fourth-order valence-electron chi connectivity index (χ4n) is 3.13. The van der Waals surface area contributed by atoms with Crippen LogP contribution in [0.5, 0.6) is 0 Å². The van der Waals surface area contributed by atoms with Crippen LogP contribution in [-0.2, 0) is 11.3 Å². The summed E-state index contributed by atoms with van der Waals surface area (Å²) >= 11 is 1.57. The van der Waals surface area contributed by atoms with E-state index in [1.807, 2.05) is 17.5 Å². The van der Waals surface area contributed by atoms with Crippen molar-refractivity contribution >= 4 is 17.2 Å². The molecule has 4 rings (SSSR count). The molecule has 5 nitrogen and oxygen atoms in total. The molecule has 1 unspecified atom stereocenters. The number of benzene rings is 1. The van der Waals surface area contributed by atoms with Crippen molar-refractivity contribution < 1.29 is 13.9 Å². The van der Waals surface area contributed by atoms with Crippen LogP contribution in [0.2, 0.25) is 0 Å². The van der Waals surface area contributed by atoms with E-state index < -0.39 is 0 Å². The van der Waals surface area contributed by atoms with Crippen molar-refractivity contribution in [1.82, 2.24) is 15.1 Å². The monoisotopic (exact) mass is 385 g/mol. The number of ether oxygens (including phenoxy) is 1. The Morgan fingerprint density at radius 3 is 2.89 bits per heavy atom.